The molecule has 1 aromatic carbocycles. The zero-order chi connectivity index (χ0) is 12.3. The zero-order valence-corrected chi connectivity index (χ0v) is 9.89. The zero-order valence-electron chi connectivity index (χ0n) is 9.89. The third-order valence-corrected chi connectivity index (χ3v) is 3.14. The molecule has 1 aliphatic rings. The van der Waals surface area contributed by atoms with Gasteiger partial charge in [0.15, 0.2) is 5.78 Å². The molecule has 1 saturated heterocycles. The van der Waals surface area contributed by atoms with Crippen LogP contribution in [0.3, 0.4) is 0 Å². The maximum absolute atomic E-state index is 12.2. The molecule has 1 heterocycles. The molecule has 1 fully saturated rings. The Morgan fingerprint density at radius 3 is 2.59 bits per heavy atom. The highest BCUT2D eigenvalue weighted by Gasteiger charge is 2.34. The van der Waals surface area contributed by atoms with Crippen LogP contribution in [-0.2, 0) is 9.53 Å². The Balaban J connectivity index is 2.11. The lowest BCUT2D eigenvalue weighted by Gasteiger charge is -2.14. The highest BCUT2D eigenvalue weighted by molar-refractivity contribution is 5.98. The van der Waals surface area contributed by atoms with Gasteiger partial charge in [-0.25, -0.2) is 0 Å². The summed E-state index contributed by atoms with van der Waals surface area (Å²) in [4.78, 5) is 23.4. The number of ether oxygens (including phenoxy) is 1. The van der Waals surface area contributed by atoms with Crippen LogP contribution in [0.1, 0.15) is 23.7 Å². The predicted octanol–water partition coefficient (Wildman–Crippen LogP) is 2.11. The van der Waals surface area contributed by atoms with Crippen molar-refractivity contribution in [2.45, 2.75) is 13.3 Å². The van der Waals surface area contributed by atoms with Gasteiger partial charge in [0, 0.05) is 17.9 Å². The highest BCUT2D eigenvalue weighted by atomic mass is 16.5. The van der Waals surface area contributed by atoms with E-state index in [9.17, 15) is 9.59 Å². The quantitative estimate of drug-likeness (QED) is 0.747. The molecule has 90 valence electrons. The van der Waals surface area contributed by atoms with Gasteiger partial charge in [-0.15, -0.1) is 0 Å². The number of carbonyl (C=O) groups is 2. The first-order valence-electron chi connectivity index (χ1n) is 5.85. The molecule has 1 aliphatic heterocycles. The Kier molecular flexibility index (Phi) is 3.69. The van der Waals surface area contributed by atoms with E-state index in [1.807, 2.05) is 30.3 Å². The third kappa shape index (κ3) is 2.80. The van der Waals surface area contributed by atoms with Gasteiger partial charge < -0.3 is 9.53 Å². The van der Waals surface area contributed by atoms with Crippen molar-refractivity contribution in [2.24, 2.45) is 11.8 Å². The summed E-state index contributed by atoms with van der Waals surface area (Å²) >= 11 is 0. The molecule has 2 rings (SSSR count). The first-order valence-corrected chi connectivity index (χ1v) is 5.85. The maximum atomic E-state index is 12.2. The number of benzene rings is 1. The smallest absolute Gasteiger partial charge is 0.168 e. The van der Waals surface area contributed by atoms with Crippen molar-refractivity contribution in [3.8, 4) is 0 Å². The molecule has 0 N–H and O–H groups in total. The Morgan fingerprint density at radius 1 is 1.24 bits per heavy atom. The Morgan fingerprint density at radius 2 is 1.94 bits per heavy atom. The normalized spacial score (nSPS) is 23.6. The van der Waals surface area contributed by atoms with Gasteiger partial charge >= 0.3 is 0 Å². The second kappa shape index (κ2) is 5.23. The molecule has 0 aliphatic carbocycles. The standard InChI is InChI=1S/C14H16O3/c1-10(15)7-12-8-17-9-13(12)14(16)11-5-3-2-4-6-11/h2-6,12-13H,7-9H2,1H3/t12-,13-/m1/s1. The number of hydrogen-bond acceptors (Lipinski definition) is 3. The van der Waals surface area contributed by atoms with E-state index >= 15 is 0 Å². The Hall–Kier alpha value is -1.48. The summed E-state index contributed by atoms with van der Waals surface area (Å²) in [6.45, 7) is 2.51. The van der Waals surface area contributed by atoms with Crippen LogP contribution in [0.2, 0.25) is 0 Å². The molecule has 1 aromatic rings. The molecule has 3 nitrogen and oxygen atoms in total. The fraction of sp³-hybridized carbons (Fsp3) is 0.429. The molecule has 0 spiro atoms. The number of hydrogen-bond donors (Lipinski definition) is 0. The number of carbonyl (C=O) groups excluding carboxylic acids is 2. The van der Waals surface area contributed by atoms with Crippen LogP contribution in [0.4, 0.5) is 0 Å². The van der Waals surface area contributed by atoms with E-state index in [0.717, 1.165) is 0 Å². The fourth-order valence-corrected chi connectivity index (χ4v) is 2.28. The highest BCUT2D eigenvalue weighted by Crippen LogP contribution is 2.27. The lowest BCUT2D eigenvalue weighted by molar-refractivity contribution is -0.118. The lowest BCUT2D eigenvalue weighted by atomic mass is 9.85. The monoisotopic (exact) mass is 232 g/mol. The van der Waals surface area contributed by atoms with Crippen LogP contribution >= 0.6 is 0 Å². The number of Topliss-reactive ketones (excluding diaryl/α,β-unsaturated/α-hetero) is 2. The largest absolute Gasteiger partial charge is 0.380 e. The number of rotatable bonds is 4. The minimum Gasteiger partial charge on any atom is -0.380 e. The van der Waals surface area contributed by atoms with E-state index in [1.54, 1.807) is 6.92 Å². The fourth-order valence-electron chi connectivity index (χ4n) is 2.28. The van der Waals surface area contributed by atoms with Crippen LogP contribution in [0.15, 0.2) is 30.3 Å². The average molecular weight is 232 g/mol. The van der Waals surface area contributed by atoms with Gasteiger partial charge in [0.05, 0.1) is 19.1 Å². The number of ketones is 2. The first-order chi connectivity index (χ1) is 8.18. The van der Waals surface area contributed by atoms with Crippen LogP contribution < -0.4 is 0 Å². The minimum atomic E-state index is -0.165. The topological polar surface area (TPSA) is 43.4 Å². The summed E-state index contributed by atoms with van der Waals surface area (Å²) in [6.07, 6.45) is 0.434. The molecule has 0 aromatic heterocycles. The Labute approximate surface area is 101 Å². The van der Waals surface area contributed by atoms with Gasteiger partial charge in [-0.2, -0.15) is 0 Å². The molecule has 3 heteroatoms. The van der Waals surface area contributed by atoms with Crippen LogP contribution in [0.25, 0.3) is 0 Å². The lowest BCUT2D eigenvalue weighted by Crippen LogP contribution is -2.24. The van der Waals surface area contributed by atoms with Crippen LogP contribution in [0.5, 0.6) is 0 Å². The van der Waals surface area contributed by atoms with Crippen molar-refractivity contribution < 1.29 is 14.3 Å². The Bertz CT molecular complexity index is 411. The first kappa shape index (κ1) is 12.0. The molecule has 0 radical (unpaired) electrons. The van der Waals surface area contributed by atoms with E-state index in [1.165, 1.54) is 0 Å². The van der Waals surface area contributed by atoms with Gasteiger partial charge in [0.2, 0.25) is 0 Å². The third-order valence-electron chi connectivity index (χ3n) is 3.14. The second-order valence-corrected chi connectivity index (χ2v) is 4.54. The molecule has 0 amide bonds. The predicted molar refractivity (Wildman–Crippen MR) is 63.9 cm³/mol. The molecule has 2 atom stereocenters. The van der Waals surface area contributed by atoms with E-state index in [2.05, 4.69) is 0 Å². The summed E-state index contributed by atoms with van der Waals surface area (Å²) in [5.74, 6) is 0.0854. The summed E-state index contributed by atoms with van der Waals surface area (Å²) in [6, 6.07) is 9.21. The van der Waals surface area contributed by atoms with Crippen molar-refractivity contribution in [3.05, 3.63) is 35.9 Å². The summed E-state index contributed by atoms with van der Waals surface area (Å²) < 4.78 is 5.34. The molecular formula is C14H16O3. The molecule has 0 bridgehead atoms. The summed E-state index contributed by atoms with van der Waals surface area (Å²) in [7, 11) is 0. The summed E-state index contributed by atoms with van der Waals surface area (Å²) in [5.41, 5.74) is 0.705. The van der Waals surface area contributed by atoms with Gasteiger partial charge in [0.1, 0.15) is 5.78 Å². The van der Waals surface area contributed by atoms with Crippen LogP contribution in [0, 0.1) is 11.8 Å². The average Bonchev–Trinajstić information content (AvgIpc) is 2.76. The second-order valence-electron chi connectivity index (χ2n) is 4.54. The van der Waals surface area contributed by atoms with E-state index < -0.39 is 0 Å². The van der Waals surface area contributed by atoms with Crippen molar-refractivity contribution >= 4 is 11.6 Å². The van der Waals surface area contributed by atoms with Gasteiger partial charge in [-0.3, -0.25) is 4.79 Å². The molecule has 17 heavy (non-hydrogen) atoms. The van der Waals surface area contributed by atoms with Crippen molar-refractivity contribution in [3.63, 3.8) is 0 Å². The van der Waals surface area contributed by atoms with E-state index in [0.29, 0.717) is 25.2 Å². The van der Waals surface area contributed by atoms with Crippen molar-refractivity contribution in [1.29, 1.82) is 0 Å². The maximum Gasteiger partial charge on any atom is 0.168 e. The SMILES string of the molecule is CC(=O)C[C@@H]1COC[C@H]1C(=O)c1ccccc1. The minimum absolute atomic E-state index is 0.0419. The molecule has 0 unspecified atom stereocenters. The van der Waals surface area contributed by atoms with Gasteiger partial charge in [-0.05, 0) is 6.92 Å². The van der Waals surface area contributed by atoms with E-state index in [4.69, 9.17) is 4.74 Å². The van der Waals surface area contributed by atoms with Crippen molar-refractivity contribution in [2.75, 3.05) is 13.2 Å². The summed E-state index contributed by atoms with van der Waals surface area (Å²) in [5, 5.41) is 0. The molecular weight excluding hydrogens is 216 g/mol. The van der Waals surface area contributed by atoms with Crippen LogP contribution in [-0.4, -0.2) is 24.8 Å². The van der Waals surface area contributed by atoms with E-state index in [-0.39, 0.29) is 23.4 Å². The molecule has 0 saturated carbocycles. The van der Waals surface area contributed by atoms with Gasteiger partial charge in [0.25, 0.3) is 0 Å². The van der Waals surface area contributed by atoms with Gasteiger partial charge in [-0.1, -0.05) is 30.3 Å². The van der Waals surface area contributed by atoms with Crippen molar-refractivity contribution in [1.82, 2.24) is 0 Å².